The van der Waals surface area contributed by atoms with Crippen molar-refractivity contribution in [3.63, 3.8) is 0 Å². The lowest BCUT2D eigenvalue weighted by molar-refractivity contribution is -0.136. The molecular formula is C18H25F3N2O4S. The number of alkyl halides is 3. The van der Waals surface area contributed by atoms with Crippen LogP contribution in [-0.2, 0) is 29.0 Å². The fraction of sp³-hybridized carbons (Fsp3) is 0.667. The Morgan fingerprint density at radius 3 is 2.21 bits per heavy atom. The van der Waals surface area contributed by atoms with Gasteiger partial charge in [0.05, 0.1) is 30.6 Å². The zero-order valence-corrected chi connectivity index (χ0v) is 17.4. The highest BCUT2D eigenvalue weighted by Crippen LogP contribution is 2.30. The Morgan fingerprint density at radius 2 is 1.68 bits per heavy atom. The molecule has 10 heteroatoms. The third-order valence-corrected chi connectivity index (χ3v) is 6.07. The van der Waals surface area contributed by atoms with Crippen molar-refractivity contribution in [2.24, 2.45) is 0 Å². The maximum atomic E-state index is 13.0. The minimum absolute atomic E-state index is 0.0325. The summed E-state index contributed by atoms with van der Waals surface area (Å²) in [6.07, 6.45) is -5.63. The van der Waals surface area contributed by atoms with E-state index in [4.69, 9.17) is 9.47 Å². The van der Waals surface area contributed by atoms with Crippen LogP contribution in [0.4, 0.5) is 13.2 Å². The zero-order chi connectivity index (χ0) is 21.2. The molecule has 0 aromatic carbocycles. The van der Waals surface area contributed by atoms with E-state index < -0.39 is 36.5 Å². The summed E-state index contributed by atoms with van der Waals surface area (Å²) >= 11 is 1.18. The topological polar surface area (TPSA) is 62.5 Å². The fourth-order valence-corrected chi connectivity index (χ4v) is 4.34. The molecular weight excluding hydrogens is 397 g/mol. The second-order valence-corrected chi connectivity index (χ2v) is 7.93. The average Bonchev–Trinajstić information content (AvgIpc) is 2.93. The Hall–Kier alpha value is -1.65. The molecule has 2 aromatic rings. The van der Waals surface area contributed by atoms with E-state index in [1.807, 2.05) is 6.92 Å². The summed E-state index contributed by atoms with van der Waals surface area (Å²) < 4.78 is 50.8. The van der Waals surface area contributed by atoms with Crippen molar-refractivity contribution >= 4 is 21.6 Å². The highest BCUT2D eigenvalue weighted by molar-refractivity contribution is 7.18. The molecule has 0 saturated carbocycles. The van der Waals surface area contributed by atoms with Crippen LogP contribution in [0, 0.1) is 6.92 Å². The van der Waals surface area contributed by atoms with Gasteiger partial charge in [-0.25, -0.2) is 4.79 Å². The van der Waals surface area contributed by atoms with Gasteiger partial charge >= 0.3 is 11.9 Å². The number of nitrogens with zero attached hydrogens (tertiary/aromatic N) is 2. The van der Waals surface area contributed by atoms with E-state index in [-0.39, 0.29) is 22.9 Å². The van der Waals surface area contributed by atoms with Crippen LogP contribution in [0.25, 0.3) is 10.2 Å². The Balaban J connectivity index is 2.72. The van der Waals surface area contributed by atoms with Crippen molar-refractivity contribution in [1.29, 1.82) is 0 Å². The molecule has 0 bridgehead atoms. The minimum Gasteiger partial charge on any atom is -0.381 e. The lowest BCUT2D eigenvalue weighted by Gasteiger charge is -2.15. The van der Waals surface area contributed by atoms with Crippen molar-refractivity contribution in [1.82, 2.24) is 9.13 Å². The van der Waals surface area contributed by atoms with Gasteiger partial charge in [-0.1, -0.05) is 0 Å². The quantitative estimate of drug-likeness (QED) is 0.656. The Kier molecular flexibility index (Phi) is 7.11. The first-order chi connectivity index (χ1) is 13.0. The van der Waals surface area contributed by atoms with Crippen molar-refractivity contribution in [2.45, 2.75) is 65.1 Å². The monoisotopic (exact) mass is 422 g/mol. The normalized spacial score (nSPS) is 14.6. The van der Waals surface area contributed by atoms with Crippen molar-refractivity contribution in [3.05, 3.63) is 31.3 Å². The van der Waals surface area contributed by atoms with Gasteiger partial charge in [0.2, 0.25) is 0 Å². The first-order valence-electron chi connectivity index (χ1n) is 8.88. The number of methoxy groups -OCH3 is 2. The van der Waals surface area contributed by atoms with Crippen molar-refractivity contribution in [3.8, 4) is 0 Å². The van der Waals surface area contributed by atoms with E-state index in [9.17, 15) is 22.8 Å². The third-order valence-electron chi connectivity index (χ3n) is 4.73. The molecule has 2 unspecified atom stereocenters. The smallest absolute Gasteiger partial charge is 0.381 e. The first kappa shape index (κ1) is 22.6. The third kappa shape index (κ3) is 4.84. The summed E-state index contributed by atoms with van der Waals surface area (Å²) in [6.45, 7) is 4.72. The van der Waals surface area contributed by atoms with E-state index in [1.54, 1.807) is 21.0 Å². The molecule has 0 fully saturated rings. The summed E-state index contributed by atoms with van der Waals surface area (Å²) in [7, 11) is 3.00. The summed E-state index contributed by atoms with van der Waals surface area (Å²) in [5, 5.41) is 0.286. The van der Waals surface area contributed by atoms with Crippen LogP contribution >= 0.6 is 11.3 Å². The predicted octanol–water partition coefficient (Wildman–Crippen LogP) is 3.10. The van der Waals surface area contributed by atoms with E-state index in [2.05, 4.69) is 0 Å². The lowest BCUT2D eigenvalue weighted by atomic mass is 10.1. The van der Waals surface area contributed by atoms with E-state index >= 15 is 0 Å². The van der Waals surface area contributed by atoms with Gasteiger partial charge < -0.3 is 9.47 Å². The molecule has 2 atom stereocenters. The van der Waals surface area contributed by atoms with Crippen LogP contribution in [0.5, 0.6) is 0 Å². The molecule has 0 aliphatic rings. The maximum absolute atomic E-state index is 13.0. The van der Waals surface area contributed by atoms with Gasteiger partial charge in [-0.2, -0.15) is 13.2 Å². The fourth-order valence-electron chi connectivity index (χ4n) is 2.91. The molecule has 0 aliphatic heterocycles. The van der Waals surface area contributed by atoms with Crippen molar-refractivity contribution in [2.75, 3.05) is 14.2 Å². The molecule has 6 nitrogen and oxygen atoms in total. The highest BCUT2D eigenvalue weighted by Gasteiger charge is 2.29. The van der Waals surface area contributed by atoms with Gasteiger partial charge in [0.15, 0.2) is 0 Å². The zero-order valence-electron chi connectivity index (χ0n) is 16.6. The summed E-state index contributed by atoms with van der Waals surface area (Å²) in [5.74, 6) is 0. The first-order valence-corrected chi connectivity index (χ1v) is 9.69. The van der Waals surface area contributed by atoms with Crippen LogP contribution < -0.4 is 11.2 Å². The van der Waals surface area contributed by atoms with Crippen LogP contribution in [0.15, 0.2) is 9.59 Å². The van der Waals surface area contributed by atoms with Crippen LogP contribution in [0.2, 0.25) is 0 Å². The number of halogens is 3. The summed E-state index contributed by atoms with van der Waals surface area (Å²) in [5.41, 5.74) is -0.580. The van der Waals surface area contributed by atoms with Gasteiger partial charge in [0, 0.05) is 32.1 Å². The average molecular weight is 422 g/mol. The lowest BCUT2D eigenvalue weighted by Crippen LogP contribution is -2.42. The highest BCUT2D eigenvalue weighted by atomic mass is 32.1. The van der Waals surface area contributed by atoms with E-state index in [0.29, 0.717) is 12.0 Å². The summed E-state index contributed by atoms with van der Waals surface area (Å²) in [4.78, 5) is 26.9. The maximum Gasteiger partial charge on any atom is 0.390 e. The number of rotatable bonds is 8. The molecule has 158 valence electrons. The summed E-state index contributed by atoms with van der Waals surface area (Å²) in [6, 6.07) is 0. The SMILES string of the molecule is COC(C)Cc1sc2c(c1C)c(=O)n(CC(C)OC)c(=O)n2CCC(F)(F)F. The van der Waals surface area contributed by atoms with Crippen molar-refractivity contribution < 1.29 is 22.6 Å². The Morgan fingerprint density at radius 1 is 1.07 bits per heavy atom. The number of hydrogen-bond donors (Lipinski definition) is 0. The minimum atomic E-state index is -4.41. The van der Waals surface area contributed by atoms with E-state index in [0.717, 1.165) is 14.0 Å². The van der Waals surface area contributed by atoms with E-state index in [1.165, 1.54) is 18.4 Å². The van der Waals surface area contributed by atoms with Gasteiger partial charge in [0.25, 0.3) is 5.56 Å². The molecule has 28 heavy (non-hydrogen) atoms. The molecule has 0 aliphatic carbocycles. The Bertz CT molecular complexity index is 945. The van der Waals surface area contributed by atoms with Gasteiger partial charge in [-0.05, 0) is 26.3 Å². The molecule has 0 spiro atoms. The number of aryl methyl sites for hydroxylation is 2. The van der Waals surface area contributed by atoms with Crippen LogP contribution in [0.1, 0.15) is 30.7 Å². The van der Waals surface area contributed by atoms with Crippen LogP contribution in [-0.4, -0.2) is 41.7 Å². The molecule has 2 heterocycles. The molecule has 2 aromatic heterocycles. The predicted molar refractivity (Wildman–Crippen MR) is 102 cm³/mol. The number of hydrogen-bond acceptors (Lipinski definition) is 5. The van der Waals surface area contributed by atoms with Gasteiger partial charge in [0.1, 0.15) is 4.83 Å². The van der Waals surface area contributed by atoms with Crippen LogP contribution in [0.3, 0.4) is 0 Å². The Labute approximate surface area is 164 Å². The number of aromatic nitrogens is 2. The standard InChI is InChI=1S/C18H25F3N2O4S/c1-10(26-4)8-13-12(3)14-15(24)23(9-11(2)27-5)17(25)22(16(14)28-13)7-6-18(19,20)21/h10-11H,6-9H2,1-5H3. The largest absolute Gasteiger partial charge is 0.390 e. The second kappa shape index (κ2) is 8.79. The second-order valence-electron chi connectivity index (χ2n) is 6.84. The molecule has 0 amide bonds. The molecule has 2 rings (SSSR count). The molecule has 0 radical (unpaired) electrons. The molecule has 0 saturated heterocycles. The molecule has 0 N–H and O–H groups in total. The number of thiophene rings is 1. The van der Waals surface area contributed by atoms with Gasteiger partial charge in [-0.3, -0.25) is 13.9 Å². The number of fused-ring (bicyclic) bond motifs is 1. The van der Waals surface area contributed by atoms with Gasteiger partial charge in [-0.15, -0.1) is 11.3 Å². The number of ether oxygens (including phenoxy) is 2.